The Morgan fingerprint density at radius 3 is 2.94 bits per heavy atom. The molecule has 0 saturated carbocycles. The summed E-state index contributed by atoms with van der Waals surface area (Å²) in [4.78, 5) is 21.2. The van der Waals surface area contributed by atoms with E-state index in [1.165, 1.54) is 28.2 Å². The number of benzene rings is 1. The number of aryl methyl sites for hydroxylation is 2. The predicted molar refractivity (Wildman–Crippen MR) is 134 cm³/mol. The van der Waals surface area contributed by atoms with Crippen LogP contribution in [0, 0.1) is 6.92 Å². The number of hydrogen-bond donors (Lipinski definition) is 3. The largest absolute Gasteiger partial charge is 0.397 e. The molecule has 5 rings (SSSR count). The highest BCUT2D eigenvalue weighted by molar-refractivity contribution is 7.21. The smallest absolute Gasteiger partial charge is 0.263 e. The second kappa shape index (κ2) is 8.93. The number of anilines is 2. The lowest BCUT2D eigenvalue weighted by molar-refractivity contribution is 0.0680. The van der Waals surface area contributed by atoms with Crippen LogP contribution in [0.25, 0.3) is 10.2 Å². The van der Waals surface area contributed by atoms with Crippen molar-refractivity contribution in [2.24, 2.45) is 5.73 Å². The van der Waals surface area contributed by atoms with Gasteiger partial charge in [0.2, 0.25) is 0 Å². The lowest BCUT2D eigenvalue weighted by atomic mass is 9.87. The number of ether oxygens (including phenoxy) is 1. The molecule has 8 heteroatoms. The SMILES string of the molecule is CCO[C@H]1CN(c2ccc3c(c2)CC[C@H](NC(=O)c2sc4nc(C)ccc4c2N)C3)C[C@H]1N. The van der Waals surface area contributed by atoms with E-state index in [1.807, 2.05) is 26.0 Å². The highest BCUT2D eigenvalue weighted by atomic mass is 32.1. The van der Waals surface area contributed by atoms with Gasteiger partial charge in [-0.1, -0.05) is 6.07 Å². The zero-order valence-electron chi connectivity index (χ0n) is 19.1. The molecule has 0 radical (unpaired) electrons. The molecule has 2 aromatic heterocycles. The van der Waals surface area contributed by atoms with Gasteiger partial charge in [-0.3, -0.25) is 4.79 Å². The summed E-state index contributed by atoms with van der Waals surface area (Å²) in [6.07, 6.45) is 2.76. The van der Waals surface area contributed by atoms with E-state index in [1.54, 1.807) is 0 Å². The van der Waals surface area contributed by atoms with Crippen LogP contribution in [0.5, 0.6) is 0 Å². The van der Waals surface area contributed by atoms with Crippen LogP contribution in [0.4, 0.5) is 11.4 Å². The molecule has 0 spiro atoms. The van der Waals surface area contributed by atoms with Gasteiger partial charge < -0.3 is 26.4 Å². The zero-order chi connectivity index (χ0) is 23.1. The van der Waals surface area contributed by atoms with Gasteiger partial charge in [-0.2, -0.15) is 0 Å². The number of nitrogens with two attached hydrogens (primary N) is 2. The van der Waals surface area contributed by atoms with E-state index >= 15 is 0 Å². The number of nitrogens with one attached hydrogen (secondary N) is 1. The van der Waals surface area contributed by atoms with Crippen LogP contribution < -0.4 is 21.7 Å². The summed E-state index contributed by atoms with van der Waals surface area (Å²) >= 11 is 1.37. The van der Waals surface area contributed by atoms with Gasteiger partial charge in [0.1, 0.15) is 9.71 Å². The number of aromatic nitrogens is 1. The molecule has 7 nitrogen and oxygen atoms in total. The average molecular weight is 466 g/mol. The first-order valence-corrected chi connectivity index (χ1v) is 12.4. The number of pyridine rings is 1. The molecule has 1 aliphatic heterocycles. The van der Waals surface area contributed by atoms with Gasteiger partial charge in [0.25, 0.3) is 5.91 Å². The third-order valence-electron chi connectivity index (χ3n) is 6.75. The molecular weight excluding hydrogens is 434 g/mol. The number of nitrogens with zero attached hydrogens (tertiary/aromatic N) is 2. The minimum Gasteiger partial charge on any atom is -0.397 e. The summed E-state index contributed by atoms with van der Waals surface area (Å²) < 4.78 is 5.78. The van der Waals surface area contributed by atoms with Crippen LogP contribution in [-0.2, 0) is 17.6 Å². The maximum atomic E-state index is 13.0. The highest BCUT2D eigenvalue weighted by Gasteiger charge is 2.31. The van der Waals surface area contributed by atoms with Crippen molar-refractivity contribution >= 4 is 38.8 Å². The Balaban J connectivity index is 1.26. The van der Waals surface area contributed by atoms with Crippen molar-refractivity contribution in [2.75, 3.05) is 30.3 Å². The van der Waals surface area contributed by atoms with Crippen LogP contribution in [0.2, 0.25) is 0 Å². The van der Waals surface area contributed by atoms with Crippen LogP contribution in [0.15, 0.2) is 30.3 Å². The number of amides is 1. The summed E-state index contributed by atoms with van der Waals surface area (Å²) in [5.74, 6) is -0.105. The monoisotopic (exact) mass is 465 g/mol. The number of nitrogen functional groups attached to an aromatic ring is 1. The van der Waals surface area contributed by atoms with Gasteiger partial charge in [-0.15, -0.1) is 11.3 Å². The Hall–Kier alpha value is -2.68. The van der Waals surface area contributed by atoms with Crippen LogP contribution in [-0.4, -0.2) is 48.8 Å². The van der Waals surface area contributed by atoms with Crippen molar-refractivity contribution < 1.29 is 9.53 Å². The fourth-order valence-electron chi connectivity index (χ4n) is 4.97. The number of carbonyl (C=O) groups is 1. The molecule has 33 heavy (non-hydrogen) atoms. The van der Waals surface area contributed by atoms with Gasteiger partial charge >= 0.3 is 0 Å². The predicted octanol–water partition coefficient (Wildman–Crippen LogP) is 3.03. The van der Waals surface area contributed by atoms with E-state index in [9.17, 15) is 4.79 Å². The summed E-state index contributed by atoms with van der Waals surface area (Å²) in [5, 5.41) is 4.06. The Morgan fingerprint density at radius 1 is 1.27 bits per heavy atom. The molecule has 3 aromatic rings. The maximum Gasteiger partial charge on any atom is 0.263 e. The number of carbonyl (C=O) groups excluding carboxylic acids is 1. The molecule has 5 N–H and O–H groups in total. The van der Waals surface area contributed by atoms with E-state index in [-0.39, 0.29) is 24.1 Å². The van der Waals surface area contributed by atoms with Gasteiger partial charge in [0, 0.05) is 42.5 Å². The zero-order valence-corrected chi connectivity index (χ0v) is 20.0. The van der Waals surface area contributed by atoms with Crippen LogP contribution in [0.1, 0.15) is 39.8 Å². The first-order chi connectivity index (χ1) is 15.9. The minimum atomic E-state index is -0.105. The van der Waals surface area contributed by atoms with Crippen molar-refractivity contribution in [3.63, 3.8) is 0 Å². The van der Waals surface area contributed by atoms with E-state index in [0.29, 0.717) is 17.2 Å². The first-order valence-electron chi connectivity index (χ1n) is 11.6. The third-order valence-corrected chi connectivity index (χ3v) is 7.86. The summed E-state index contributed by atoms with van der Waals surface area (Å²) in [5.41, 5.74) is 17.8. The third kappa shape index (κ3) is 4.30. The van der Waals surface area contributed by atoms with Gasteiger partial charge in [-0.25, -0.2) is 4.98 Å². The molecule has 3 atom stereocenters. The van der Waals surface area contributed by atoms with E-state index < -0.39 is 0 Å². The molecule has 2 aliphatic rings. The van der Waals surface area contributed by atoms with Crippen molar-refractivity contribution in [2.45, 2.75) is 51.3 Å². The number of rotatable bonds is 5. The van der Waals surface area contributed by atoms with E-state index in [2.05, 4.69) is 33.4 Å². The molecular formula is C25H31N5O2S. The Morgan fingerprint density at radius 2 is 2.12 bits per heavy atom. The van der Waals surface area contributed by atoms with Crippen molar-refractivity contribution in [3.8, 4) is 0 Å². The van der Waals surface area contributed by atoms with E-state index in [0.717, 1.165) is 48.3 Å². The highest BCUT2D eigenvalue weighted by Crippen LogP contribution is 2.33. The summed E-state index contributed by atoms with van der Waals surface area (Å²) in [7, 11) is 0. The Kier molecular flexibility index (Phi) is 5.99. The fourth-order valence-corrected chi connectivity index (χ4v) is 6.01. The van der Waals surface area contributed by atoms with Crippen LogP contribution in [0.3, 0.4) is 0 Å². The normalized spacial score (nSPS) is 22.5. The molecule has 1 amide bonds. The minimum absolute atomic E-state index is 0.0426. The lowest BCUT2D eigenvalue weighted by Crippen LogP contribution is -2.38. The fraction of sp³-hybridized carbons (Fsp3) is 0.440. The average Bonchev–Trinajstić information content (AvgIpc) is 3.33. The number of thiophene rings is 1. The first kappa shape index (κ1) is 22.1. The lowest BCUT2D eigenvalue weighted by Gasteiger charge is -2.27. The second-order valence-corrected chi connectivity index (χ2v) is 10.1. The standard InChI is InChI=1S/C25H31N5O2S/c1-3-32-21-13-30(12-20(21)26)18-8-6-15-10-17(7-5-16(15)11-18)29-24(31)23-22(27)19-9-4-14(2)28-25(19)33-23/h4,6,8-9,11,17,20-21H,3,5,7,10,12-13,26-27H2,1-2H3,(H,29,31)/t17-,20+,21-/m0/s1. The molecule has 1 aliphatic carbocycles. The molecule has 1 aromatic carbocycles. The summed E-state index contributed by atoms with van der Waals surface area (Å²) in [6.45, 7) is 6.28. The Bertz CT molecular complexity index is 1190. The second-order valence-electron chi connectivity index (χ2n) is 9.08. The van der Waals surface area contributed by atoms with Crippen molar-refractivity contribution in [1.82, 2.24) is 10.3 Å². The quantitative estimate of drug-likeness (QED) is 0.535. The topological polar surface area (TPSA) is 106 Å². The van der Waals surface area contributed by atoms with Gasteiger partial charge in [0.15, 0.2) is 0 Å². The van der Waals surface area contributed by atoms with Gasteiger partial charge in [0.05, 0.1) is 17.8 Å². The van der Waals surface area contributed by atoms with Crippen molar-refractivity contribution in [1.29, 1.82) is 0 Å². The van der Waals surface area contributed by atoms with Gasteiger partial charge in [-0.05, 0) is 68.5 Å². The van der Waals surface area contributed by atoms with Crippen LogP contribution >= 0.6 is 11.3 Å². The van der Waals surface area contributed by atoms with Crippen molar-refractivity contribution in [3.05, 3.63) is 52.0 Å². The number of fused-ring (bicyclic) bond motifs is 2. The summed E-state index contributed by atoms with van der Waals surface area (Å²) in [6, 6.07) is 10.7. The Labute approximate surface area is 198 Å². The molecule has 1 fully saturated rings. The molecule has 0 unspecified atom stereocenters. The number of hydrogen-bond acceptors (Lipinski definition) is 7. The van der Waals surface area contributed by atoms with E-state index in [4.69, 9.17) is 16.2 Å². The molecule has 1 saturated heterocycles. The molecule has 3 heterocycles. The molecule has 174 valence electrons. The maximum absolute atomic E-state index is 13.0. The molecule has 0 bridgehead atoms.